The summed E-state index contributed by atoms with van der Waals surface area (Å²) in [5.41, 5.74) is -0.290. The minimum Gasteiger partial charge on any atom is -0.287 e. The number of nitrogens with zero attached hydrogens (tertiary/aromatic N) is 1. The van der Waals surface area contributed by atoms with Crippen LogP contribution in [0.4, 0.5) is 14.5 Å². The lowest BCUT2D eigenvalue weighted by molar-refractivity contribution is -0.127. The first-order valence-corrected chi connectivity index (χ1v) is 11.9. The third-order valence-corrected chi connectivity index (χ3v) is 6.54. The number of benzene rings is 1. The standard InChI is InChI=1S/C24H35F2NO3S/c1-7-15(4)10-22(28)27(23(29)11-16(5)8-2)20-14-21(19(26)13-18(20)25)31-24(30)12-17(6)9-3/h13-17H,7-12H2,1-6H3. The van der Waals surface area contributed by atoms with E-state index < -0.39 is 23.4 Å². The lowest BCUT2D eigenvalue weighted by Crippen LogP contribution is -2.39. The number of halogens is 2. The number of thioether (sulfide) groups is 1. The number of carbonyl (C=O) groups excluding carboxylic acids is 3. The van der Waals surface area contributed by atoms with Crippen molar-refractivity contribution in [1.29, 1.82) is 0 Å². The fraction of sp³-hybridized carbons (Fsp3) is 0.625. The van der Waals surface area contributed by atoms with Crippen molar-refractivity contribution in [2.24, 2.45) is 17.8 Å². The average Bonchev–Trinajstić information content (AvgIpc) is 2.70. The van der Waals surface area contributed by atoms with Gasteiger partial charge in [-0.15, -0.1) is 0 Å². The molecule has 4 nitrogen and oxygen atoms in total. The van der Waals surface area contributed by atoms with Crippen LogP contribution in [-0.4, -0.2) is 16.9 Å². The summed E-state index contributed by atoms with van der Waals surface area (Å²) < 4.78 is 29.2. The number of anilines is 1. The smallest absolute Gasteiger partial charge is 0.234 e. The number of carbonyl (C=O) groups is 3. The second kappa shape index (κ2) is 12.9. The second-order valence-electron chi connectivity index (χ2n) is 8.48. The molecule has 1 aromatic carbocycles. The molecule has 31 heavy (non-hydrogen) atoms. The lowest BCUT2D eigenvalue weighted by Gasteiger charge is -2.25. The Morgan fingerprint density at radius 3 is 1.71 bits per heavy atom. The molecule has 1 rings (SSSR count). The normalized spacial score (nSPS) is 14.1. The van der Waals surface area contributed by atoms with E-state index in [1.54, 1.807) is 0 Å². The Kier molecular flexibility index (Phi) is 11.4. The summed E-state index contributed by atoms with van der Waals surface area (Å²) in [6.45, 7) is 11.5. The summed E-state index contributed by atoms with van der Waals surface area (Å²) in [4.78, 5) is 39.0. The zero-order valence-corrected chi connectivity index (χ0v) is 20.3. The Bertz CT molecular complexity index is 760. The summed E-state index contributed by atoms with van der Waals surface area (Å²) in [5, 5.41) is -0.241. The highest BCUT2D eigenvalue weighted by molar-refractivity contribution is 8.13. The maximum Gasteiger partial charge on any atom is 0.234 e. The van der Waals surface area contributed by atoms with E-state index in [4.69, 9.17) is 0 Å². The van der Waals surface area contributed by atoms with Gasteiger partial charge in [-0.3, -0.25) is 14.4 Å². The highest BCUT2D eigenvalue weighted by Crippen LogP contribution is 2.33. The quantitative estimate of drug-likeness (QED) is 0.346. The van der Waals surface area contributed by atoms with Crippen molar-refractivity contribution in [2.75, 3.05) is 4.90 Å². The summed E-state index contributed by atoms with van der Waals surface area (Å²) in [6, 6.07) is 1.77. The van der Waals surface area contributed by atoms with Gasteiger partial charge in [-0.05, 0) is 35.6 Å². The molecule has 0 radical (unpaired) electrons. The molecule has 1 aromatic rings. The molecule has 0 aliphatic carbocycles. The summed E-state index contributed by atoms with van der Waals surface area (Å²) in [5.74, 6) is -2.74. The summed E-state index contributed by atoms with van der Waals surface area (Å²) >= 11 is 0.685. The van der Waals surface area contributed by atoms with Gasteiger partial charge in [0.25, 0.3) is 0 Å². The zero-order valence-electron chi connectivity index (χ0n) is 19.5. The van der Waals surface area contributed by atoms with Crippen molar-refractivity contribution < 1.29 is 23.2 Å². The monoisotopic (exact) mass is 455 g/mol. The molecule has 0 saturated heterocycles. The third kappa shape index (κ3) is 8.36. The van der Waals surface area contributed by atoms with Crippen LogP contribution in [0.2, 0.25) is 0 Å². The van der Waals surface area contributed by atoms with Crippen LogP contribution in [0.5, 0.6) is 0 Å². The predicted octanol–water partition coefficient (Wildman–Crippen LogP) is 6.75. The zero-order chi connectivity index (χ0) is 23.7. The molecular formula is C24H35F2NO3S. The van der Waals surface area contributed by atoms with Gasteiger partial charge < -0.3 is 0 Å². The van der Waals surface area contributed by atoms with Gasteiger partial charge in [0.1, 0.15) is 11.6 Å². The van der Waals surface area contributed by atoms with Gasteiger partial charge in [0.05, 0.1) is 10.6 Å². The third-order valence-electron chi connectivity index (χ3n) is 5.62. The van der Waals surface area contributed by atoms with E-state index in [1.807, 2.05) is 41.5 Å². The number of imide groups is 1. The molecule has 0 aromatic heterocycles. The minimum absolute atomic E-state index is 0.0147. The molecule has 0 aliphatic heterocycles. The van der Waals surface area contributed by atoms with Gasteiger partial charge in [-0.2, -0.15) is 0 Å². The molecule has 0 saturated carbocycles. The molecular weight excluding hydrogens is 420 g/mol. The molecule has 2 amide bonds. The van der Waals surface area contributed by atoms with Crippen molar-refractivity contribution in [3.8, 4) is 0 Å². The van der Waals surface area contributed by atoms with E-state index >= 15 is 0 Å². The maximum absolute atomic E-state index is 14.8. The fourth-order valence-corrected chi connectivity index (χ4v) is 3.78. The maximum atomic E-state index is 14.8. The molecule has 174 valence electrons. The summed E-state index contributed by atoms with van der Waals surface area (Å²) in [7, 11) is 0. The van der Waals surface area contributed by atoms with E-state index in [-0.39, 0.29) is 52.7 Å². The van der Waals surface area contributed by atoms with Gasteiger partial charge in [0, 0.05) is 25.3 Å². The molecule has 0 aliphatic rings. The SMILES string of the molecule is CCC(C)CC(=O)Sc1cc(N(C(=O)CC(C)CC)C(=O)CC(C)CC)c(F)cc1F. The molecule has 3 unspecified atom stereocenters. The van der Waals surface area contributed by atoms with Crippen LogP contribution in [0.25, 0.3) is 0 Å². The molecule has 0 fully saturated rings. The van der Waals surface area contributed by atoms with E-state index in [1.165, 1.54) is 0 Å². The van der Waals surface area contributed by atoms with Crippen LogP contribution in [0, 0.1) is 29.4 Å². The van der Waals surface area contributed by atoms with Crippen LogP contribution in [0.1, 0.15) is 80.1 Å². The number of hydrogen-bond donors (Lipinski definition) is 0. The van der Waals surface area contributed by atoms with Crippen molar-refractivity contribution >= 4 is 34.4 Å². The lowest BCUT2D eigenvalue weighted by atomic mass is 10.0. The molecule has 0 heterocycles. The highest BCUT2D eigenvalue weighted by atomic mass is 32.2. The van der Waals surface area contributed by atoms with Crippen LogP contribution in [-0.2, 0) is 14.4 Å². The first-order chi connectivity index (χ1) is 14.5. The highest BCUT2D eigenvalue weighted by Gasteiger charge is 2.29. The fourth-order valence-electron chi connectivity index (χ4n) is 2.84. The Morgan fingerprint density at radius 1 is 0.806 bits per heavy atom. The largest absolute Gasteiger partial charge is 0.287 e. The van der Waals surface area contributed by atoms with Crippen LogP contribution < -0.4 is 4.90 Å². The first kappa shape index (κ1) is 27.3. The van der Waals surface area contributed by atoms with E-state index in [9.17, 15) is 23.2 Å². The van der Waals surface area contributed by atoms with Gasteiger partial charge >= 0.3 is 0 Å². The van der Waals surface area contributed by atoms with Crippen LogP contribution in [0.15, 0.2) is 17.0 Å². The Labute approximate surface area is 189 Å². The van der Waals surface area contributed by atoms with E-state index in [0.717, 1.165) is 30.2 Å². The van der Waals surface area contributed by atoms with Crippen molar-refractivity contribution in [2.45, 2.75) is 85.0 Å². The number of rotatable bonds is 11. The topological polar surface area (TPSA) is 54.5 Å². The van der Waals surface area contributed by atoms with Crippen molar-refractivity contribution in [3.05, 3.63) is 23.8 Å². The van der Waals surface area contributed by atoms with Gasteiger partial charge in [-0.25, -0.2) is 13.7 Å². The summed E-state index contributed by atoms with van der Waals surface area (Å²) in [6.07, 6.45) is 2.69. The number of hydrogen-bond acceptors (Lipinski definition) is 4. The second-order valence-corrected chi connectivity index (χ2v) is 9.58. The van der Waals surface area contributed by atoms with Crippen molar-refractivity contribution in [3.63, 3.8) is 0 Å². The molecule has 7 heteroatoms. The molecule has 3 atom stereocenters. The van der Waals surface area contributed by atoms with E-state index in [0.29, 0.717) is 17.8 Å². The molecule has 0 spiro atoms. The Hall–Kier alpha value is -1.76. The predicted molar refractivity (Wildman–Crippen MR) is 122 cm³/mol. The Morgan fingerprint density at radius 2 is 1.26 bits per heavy atom. The number of amides is 2. The van der Waals surface area contributed by atoms with Gasteiger partial charge in [0.15, 0.2) is 5.12 Å². The van der Waals surface area contributed by atoms with Gasteiger partial charge in [-0.1, -0.05) is 60.8 Å². The van der Waals surface area contributed by atoms with E-state index in [2.05, 4.69) is 0 Å². The first-order valence-electron chi connectivity index (χ1n) is 11.1. The minimum atomic E-state index is -0.994. The van der Waals surface area contributed by atoms with Crippen LogP contribution in [0.3, 0.4) is 0 Å². The molecule has 0 N–H and O–H groups in total. The van der Waals surface area contributed by atoms with Crippen molar-refractivity contribution in [1.82, 2.24) is 0 Å². The van der Waals surface area contributed by atoms with Gasteiger partial charge in [0.2, 0.25) is 11.8 Å². The van der Waals surface area contributed by atoms with Crippen LogP contribution >= 0.6 is 11.8 Å². The molecule has 0 bridgehead atoms. The average molecular weight is 456 g/mol. The Balaban J connectivity index is 3.33.